The molecule has 0 bridgehead atoms. The Morgan fingerprint density at radius 1 is 0.271 bits per heavy atom. The molecule has 14 rings (SSSR count). The lowest BCUT2D eigenvalue weighted by molar-refractivity contribution is 0.669. The van der Waals surface area contributed by atoms with E-state index in [1.165, 1.54) is 31.5 Å². The molecule has 328 valence electrons. The van der Waals surface area contributed by atoms with Gasteiger partial charge in [0.15, 0.2) is 8.07 Å². The zero-order chi connectivity index (χ0) is 46.2. The van der Waals surface area contributed by atoms with Gasteiger partial charge in [-0.1, -0.05) is 231 Å². The number of fused-ring (bicyclic) bond motifs is 9. The van der Waals surface area contributed by atoms with Gasteiger partial charge in [0.05, 0.1) is 16.7 Å². The summed E-state index contributed by atoms with van der Waals surface area (Å²) in [4.78, 5) is 0. The zero-order valence-electron chi connectivity index (χ0n) is 38.1. The molecule has 0 radical (unpaired) electrons. The highest BCUT2D eigenvalue weighted by atomic mass is 28.3. The van der Waals surface area contributed by atoms with Crippen molar-refractivity contribution >= 4 is 94.5 Å². The minimum Gasteiger partial charge on any atom is -0.456 e. The fourth-order valence-electron chi connectivity index (χ4n) is 11.4. The summed E-state index contributed by atoms with van der Waals surface area (Å²) in [6, 6.07) is 95.6. The number of benzene rings is 11. The van der Waals surface area contributed by atoms with Gasteiger partial charge in [-0.2, -0.15) is 0 Å². The first kappa shape index (κ1) is 40.1. The molecule has 0 unspecified atom stereocenters. The molecular formula is C66H43NO2Si. The van der Waals surface area contributed by atoms with Crippen LogP contribution >= 0.6 is 0 Å². The molecule has 14 aromatic rings. The lowest BCUT2D eigenvalue weighted by Crippen LogP contribution is -2.74. The van der Waals surface area contributed by atoms with E-state index < -0.39 is 8.07 Å². The summed E-state index contributed by atoms with van der Waals surface area (Å²) in [5, 5.41) is 12.1. The standard InChI is InChI=1S/C66H43NO2Si/c1-5-20-44(21-6-1)56-40-50(41-57(45-22-7-2-8-23-45)65(56)67-60-33-16-13-28-52(60)58-42-59-54-30-15-17-34-62(54)68-64(59)43-61(58)67)70(47-24-9-3-10-25-47,48-26-11-4-12-27-48)49-38-36-46(37-39-49)51-31-19-32-55-53-29-14-18-35-63(53)69-66(51)55/h1-43H. The first-order valence-corrected chi connectivity index (χ1v) is 26.0. The van der Waals surface area contributed by atoms with Crippen molar-refractivity contribution in [3.63, 3.8) is 0 Å². The summed E-state index contributed by atoms with van der Waals surface area (Å²) in [6.07, 6.45) is 0. The van der Waals surface area contributed by atoms with Crippen molar-refractivity contribution < 1.29 is 8.83 Å². The second kappa shape index (κ2) is 16.1. The quantitative estimate of drug-likeness (QED) is 0.112. The Labute approximate surface area is 405 Å². The number of aromatic nitrogens is 1. The fourth-order valence-corrected chi connectivity index (χ4v) is 16.2. The van der Waals surface area contributed by atoms with Gasteiger partial charge < -0.3 is 13.4 Å². The van der Waals surface area contributed by atoms with Crippen molar-refractivity contribution in [1.29, 1.82) is 0 Å². The van der Waals surface area contributed by atoms with Crippen LogP contribution in [0.4, 0.5) is 0 Å². The maximum atomic E-state index is 6.65. The molecule has 3 nitrogen and oxygen atoms in total. The summed E-state index contributed by atoms with van der Waals surface area (Å²) < 4.78 is 15.7. The average Bonchev–Trinajstić information content (AvgIpc) is 4.11. The lowest BCUT2D eigenvalue weighted by Gasteiger charge is -2.36. The van der Waals surface area contributed by atoms with Crippen LogP contribution in [0.1, 0.15) is 0 Å². The van der Waals surface area contributed by atoms with Gasteiger partial charge in [0.2, 0.25) is 0 Å². The van der Waals surface area contributed by atoms with E-state index in [9.17, 15) is 0 Å². The van der Waals surface area contributed by atoms with Crippen LogP contribution in [0.3, 0.4) is 0 Å². The van der Waals surface area contributed by atoms with Crippen LogP contribution in [-0.4, -0.2) is 12.6 Å². The molecule has 0 N–H and O–H groups in total. The third kappa shape index (κ3) is 6.13. The molecule has 0 aliphatic rings. The smallest absolute Gasteiger partial charge is 0.179 e. The van der Waals surface area contributed by atoms with E-state index in [1.54, 1.807) is 0 Å². The Morgan fingerprint density at radius 2 is 0.757 bits per heavy atom. The predicted octanol–water partition coefficient (Wildman–Crippen LogP) is 15.0. The summed E-state index contributed by atoms with van der Waals surface area (Å²) in [6.45, 7) is 0. The van der Waals surface area contributed by atoms with Gasteiger partial charge in [0.1, 0.15) is 22.3 Å². The molecule has 0 aliphatic carbocycles. The van der Waals surface area contributed by atoms with Crippen LogP contribution in [0.5, 0.6) is 0 Å². The Bertz CT molecular complexity index is 4170. The second-order valence-electron chi connectivity index (χ2n) is 18.3. The molecule has 0 fully saturated rings. The van der Waals surface area contributed by atoms with E-state index in [2.05, 4.69) is 253 Å². The summed E-state index contributed by atoms with van der Waals surface area (Å²) >= 11 is 0. The van der Waals surface area contributed by atoms with Crippen LogP contribution in [-0.2, 0) is 0 Å². The van der Waals surface area contributed by atoms with E-state index >= 15 is 0 Å². The van der Waals surface area contributed by atoms with Crippen LogP contribution < -0.4 is 20.7 Å². The number of rotatable bonds is 8. The molecule has 0 amide bonds. The maximum Gasteiger partial charge on any atom is 0.179 e. The van der Waals surface area contributed by atoms with Crippen molar-refractivity contribution in [2.75, 3.05) is 0 Å². The van der Waals surface area contributed by atoms with Crippen LogP contribution in [0.25, 0.3) is 105 Å². The van der Waals surface area contributed by atoms with Gasteiger partial charge in [0.25, 0.3) is 0 Å². The molecule has 0 saturated heterocycles. The van der Waals surface area contributed by atoms with Gasteiger partial charge in [-0.15, -0.1) is 0 Å². The van der Waals surface area contributed by atoms with Gasteiger partial charge >= 0.3 is 0 Å². The van der Waals surface area contributed by atoms with Crippen LogP contribution in [0, 0.1) is 0 Å². The van der Waals surface area contributed by atoms with E-state index in [-0.39, 0.29) is 0 Å². The molecule has 0 atom stereocenters. The van der Waals surface area contributed by atoms with E-state index in [4.69, 9.17) is 8.83 Å². The third-order valence-corrected chi connectivity index (χ3v) is 19.3. The molecule has 3 aromatic heterocycles. The van der Waals surface area contributed by atoms with Crippen molar-refractivity contribution in [2.45, 2.75) is 0 Å². The number of furan rings is 2. The Balaban J connectivity index is 1.10. The van der Waals surface area contributed by atoms with E-state index in [1.807, 2.05) is 12.1 Å². The number of hydrogen-bond donors (Lipinski definition) is 0. The molecule has 0 spiro atoms. The van der Waals surface area contributed by atoms with Crippen LogP contribution in [0.15, 0.2) is 270 Å². The highest BCUT2D eigenvalue weighted by molar-refractivity contribution is 7.20. The highest BCUT2D eigenvalue weighted by Gasteiger charge is 2.42. The van der Waals surface area contributed by atoms with E-state index in [0.717, 1.165) is 94.0 Å². The molecule has 11 aromatic carbocycles. The summed E-state index contributed by atoms with van der Waals surface area (Å²) in [7, 11) is -3.15. The molecule has 70 heavy (non-hydrogen) atoms. The van der Waals surface area contributed by atoms with Gasteiger partial charge in [-0.3, -0.25) is 0 Å². The normalized spacial score (nSPS) is 12.0. The number of para-hydroxylation sites is 4. The molecular weight excluding hydrogens is 867 g/mol. The topological polar surface area (TPSA) is 31.2 Å². The number of nitrogens with zero attached hydrogens (tertiary/aromatic N) is 1. The van der Waals surface area contributed by atoms with Crippen molar-refractivity contribution in [3.8, 4) is 39.1 Å². The minimum absolute atomic E-state index is 0.872. The van der Waals surface area contributed by atoms with Crippen molar-refractivity contribution in [1.82, 2.24) is 4.57 Å². The molecule has 0 aliphatic heterocycles. The number of hydrogen-bond acceptors (Lipinski definition) is 2. The maximum absolute atomic E-state index is 6.65. The van der Waals surface area contributed by atoms with Crippen molar-refractivity contribution in [3.05, 3.63) is 261 Å². The summed E-state index contributed by atoms with van der Waals surface area (Å²) in [5.74, 6) is 0. The SMILES string of the molecule is c1ccc(-c2cc([Si](c3ccccc3)(c3ccccc3)c3ccc(-c4cccc5c4oc4ccccc45)cc3)cc(-c3ccccc3)c2-n2c3ccccc3c3cc4c(cc32)oc2ccccc24)cc1. The largest absolute Gasteiger partial charge is 0.456 e. The lowest BCUT2D eigenvalue weighted by atomic mass is 9.95. The highest BCUT2D eigenvalue weighted by Crippen LogP contribution is 2.44. The first-order valence-electron chi connectivity index (χ1n) is 24.0. The first-order chi connectivity index (χ1) is 34.7. The Kier molecular flexibility index (Phi) is 9.23. The molecule has 3 heterocycles. The Hall–Kier alpha value is -8.96. The van der Waals surface area contributed by atoms with Crippen LogP contribution in [0.2, 0.25) is 0 Å². The second-order valence-corrected chi connectivity index (χ2v) is 22.1. The average molecular weight is 910 g/mol. The Morgan fingerprint density at radius 3 is 1.39 bits per heavy atom. The van der Waals surface area contributed by atoms with Gasteiger partial charge in [0, 0.05) is 55.1 Å². The zero-order valence-corrected chi connectivity index (χ0v) is 39.1. The monoisotopic (exact) mass is 909 g/mol. The summed E-state index contributed by atoms with van der Waals surface area (Å²) in [5.41, 5.74) is 13.7. The van der Waals surface area contributed by atoms with Gasteiger partial charge in [-0.25, -0.2) is 0 Å². The fraction of sp³-hybridized carbons (Fsp3) is 0. The van der Waals surface area contributed by atoms with E-state index in [0.29, 0.717) is 0 Å². The van der Waals surface area contributed by atoms with Crippen molar-refractivity contribution in [2.24, 2.45) is 0 Å². The predicted molar refractivity (Wildman–Crippen MR) is 295 cm³/mol. The molecule has 4 heteroatoms. The third-order valence-electron chi connectivity index (χ3n) is 14.6. The molecule has 0 saturated carbocycles. The van der Waals surface area contributed by atoms with Gasteiger partial charge in [-0.05, 0) is 61.7 Å². The minimum atomic E-state index is -3.15.